The number of halogens is 3. The largest absolute Gasteiger partial charge is 0.476 e. The summed E-state index contributed by atoms with van der Waals surface area (Å²) in [5.41, 5.74) is -0.517. The van der Waals surface area contributed by atoms with Gasteiger partial charge in [0.15, 0.2) is 5.69 Å². The first-order chi connectivity index (χ1) is 7.38. The number of aromatic nitrogens is 3. The van der Waals surface area contributed by atoms with Gasteiger partial charge in [0.05, 0.1) is 0 Å². The van der Waals surface area contributed by atoms with Crippen molar-refractivity contribution in [1.29, 1.82) is 0 Å². The molecule has 16 heavy (non-hydrogen) atoms. The zero-order chi connectivity index (χ0) is 12.3. The van der Waals surface area contributed by atoms with E-state index in [1.165, 1.54) is 0 Å². The zero-order valence-corrected chi connectivity index (χ0v) is 10.2. The molecule has 0 saturated carbocycles. The maximum Gasteiger partial charge on any atom is 0.358 e. The van der Waals surface area contributed by atoms with Gasteiger partial charge in [-0.25, -0.2) is 9.48 Å². The van der Waals surface area contributed by atoms with Gasteiger partial charge < -0.3 is 10.2 Å². The Morgan fingerprint density at radius 1 is 1.44 bits per heavy atom. The molecule has 0 aliphatic heterocycles. The topological polar surface area (TPSA) is 88.2 Å². The number of nitrogens with zero attached hydrogens (tertiary/aromatic N) is 3. The molecule has 1 rings (SSSR count). The van der Waals surface area contributed by atoms with Crippen LogP contribution in [0.15, 0.2) is 0 Å². The molecular formula is C7H8Cl3N3O3. The summed E-state index contributed by atoms with van der Waals surface area (Å²) in [7, 11) is 0. The highest BCUT2D eigenvalue weighted by molar-refractivity contribution is 6.66. The minimum absolute atomic E-state index is 0.0818. The number of rotatable bonds is 4. The van der Waals surface area contributed by atoms with Gasteiger partial charge in [0, 0.05) is 13.2 Å². The summed E-state index contributed by atoms with van der Waals surface area (Å²) in [4.78, 5) is 10.8. The number of carboxylic acids is 1. The molecule has 1 aromatic heterocycles. The third-order valence-corrected chi connectivity index (χ3v) is 2.27. The number of aliphatic hydroxyl groups excluding tert-OH is 1. The molecule has 2 N–H and O–H groups in total. The zero-order valence-electron chi connectivity index (χ0n) is 7.90. The quantitative estimate of drug-likeness (QED) is 0.812. The highest BCUT2D eigenvalue weighted by atomic mass is 35.6. The average Bonchev–Trinajstić information content (AvgIpc) is 2.57. The molecular weight excluding hydrogens is 280 g/mol. The van der Waals surface area contributed by atoms with Crippen molar-refractivity contribution in [2.24, 2.45) is 0 Å². The predicted molar refractivity (Wildman–Crippen MR) is 57.9 cm³/mol. The van der Waals surface area contributed by atoms with E-state index in [0.29, 0.717) is 6.42 Å². The van der Waals surface area contributed by atoms with Gasteiger partial charge in [-0.2, -0.15) is 0 Å². The second-order valence-electron chi connectivity index (χ2n) is 2.89. The first-order valence-electron chi connectivity index (χ1n) is 4.22. The van der Waals surface area contributed by atoms with Crippen LogP contribution >= 0.6 is 34.8 Å². The Labute approximate surface area is 106 Å². The summed E-state index contributed by atoms with van der Waals surface area (Å²) in [5, 5.41) is 24.5. The van der Waals surface area contributed by atoms with Crippen LogP contribution in [-0.4, -0.2) is 37.8 Å². The monoisotopic (exact) mass is 287 g/mol. The van der Waals surface area contributed by atoms with Crippen LogP contribution < -0.4 is 0 Å². The van der Waals surface area contributed by atoms with E-state index >= 15 is 0 Å². The van der Waals surface area contributed by atoms with E-state index in [1.807, 2.05) is 0 Å². The first kappa shape index (κ1) is 13.5. The molecule has 6 nitrogen and oxygen atoms in total. The highest BCUT2D eigenvalue weighted by Crippen LogP contribution is 2.39. The van der Waals surface area contributed by atoms with Crippen molar-refractivity contribution >= 4 is 40.8 Å². The standard InChI is InChI=1S/C7H8Cl3N3O3/c8-7(9,10)5-4(6(15)16)11-12-13(5)2-1-3-14/h14H,1-3H2,(H,15,16). The molecule has 0 radical (unpaired) electrons. The lowest BCUT2D eigenvalue weighted by molar-refractivity contribution is 0.0689. The van der Waals surface area contributed by atoms with Gasteiger partial charge in [-0.15, -0.1) is 5.10 Å². The number of carbonyl (C=O) groups is 1. The third kappa shape index (κ3) is 2.98. The van der Waals surface area contributed by atoms with Crippen LogP contribution in [0.1, 0.15) is 22.6 Å². The van der Waals surface area contributed by atoms with Crippen LogP contribution in [0.3, 0.4) is 0 Å². The van der Waals surface area contributed by atoms with Gasteiger partial charge >= 0.3 is 5.97 Å². The molecule has 0 aromatic carbocycles. The SMILES string of the molecule is O=C(O)c1nnn(CCCO)c1C(Cl)(Cl)Cl. The van der Waals surface area contributed by atoms with Crippen molar-refractivity contribution in [1.82, 2.24) is 15.0 Å². The van der Waals surface area contributed by atoms with E-state index in [9.17, 15) is 4.79 Å². The van der Waals surface area contributed by atoms with Crippen LogP contribution in [0.2, 0.25) is 0 Å². The van der Waals surface area contributed by atoms with Crippen molar-refractivity contribution in [2.45, 2.75) is 16.8 Å². The number of aromatic carboxylic acids is 1. The Hall–Kier alpha value is -0.560. The molecule has 0 amide bonds. The van der Waals surface area contributed by atoms with Crippen LogP contribution in [0, 0.1) is 0 Å². The summed E-state index contributed by atoms with van der Waals surface area (Å²) in [5.74, 6) is -1.32. The minimum Gasteiger partial charge on any atom is -0.476 e. The Bertz CT molecular complexity index is 388. The molecule has 0 aliphatic rings. The summed E-state index contributed by atoms with van der Waals surface area (Å²) in [6.45, 7) is 0.140. The van der Waals surface area contributed by atoms with Crippen molar-refractivity contribution < 1.29 is 15.0 Å². The second kappa shape index (κ2) is 5.18. The Morgan fingerprint density at radius 2 is 2.06 bits per heavy atom. The molecule has 0 unspecified atom stereocenters. The number of carboxylic acid groups (broad SMARTS) is 1. The lowest BCUT2D eigenvalue weighted by atomic mass is 10.3. The summed E-state index contributed by atoms with van der Waals surface area (Å²) in [6, 6.07) is 0. The lowest BCUT2D eigenvalue weighted by Gasteiger charge is -2.13. The molecule has 0 aliphatic carbocycles. The number of hydrogen-bond acceptors (Lipinski definition) is 4. The minimum atomic E-state index is -1.92. The fourth-order valence-electron chi connectivity index (χ4n) is 1.11. The van der Waals surface area contributed by atoms with Gasteiger partial charge in [-0.3, -0.25) is 0 Å². The summed E-state index contributed by atoms with van der Waals surface area (Å²) >= 11 is 16.9. The second-order valence-corrected chi connectivity index (χ2v) is 5.17. The highest BCUT2D eigenvalue weighted by Gasteiger charge is 2.35. The molecule has 1 heterocycles. The molecule has 0 fully saturated rings. The molecule has 0 saturated heterocycles. The molecule has 90 valence electrons. The fourth-order valence-corrected chi connectivity index (χ4v) is 1.68. The third-order valence-electron chi connectivity index (χ3n) is 1.73. The molecule has 0 spiro atoms. The smallest absolute Gasteiger partial charge is 0.358 e. The number of aryl methyl sites for hydroxylation is 1. The van der Waals surface area contributed by atoms with Crippen LogP contribution in [-0.2, 0) is 10.3 Å². The van der Waals surface area contributed by atoms with Crippen LogP contribution in [0.25, 0.3) is 0 Å². The summed E-state index contributed by atoms with van der Waals surface area (Å²) < 4.78 is -0.765. The number of aliphatic hydroxyl groups is 1. The van der Waals surface area contributed by atoms with E-state index in [4.69, 9.17) is 45.0 Å². The Kier molecular flexibility index (Phi) is 4.37. The van der Waals surface area contributed by atoms with E-state index < -0.39 is 15.5 Å². The Morgan fingerprint density at radius 3 is 2.50 bits per heavy atom. The molecule has 1 aromatic rings. The predicted octanol–water partition coefficient (Wildman–Crippen LogP) is 1.19. The molecule has 9 heteroatoms. The van der Waals surface area contributed by atoms with Gasteiger partial charge in [0.1, 0.15) is 5.69 Å². The maximum absolute atomic E-state index is 10.8. The average molecular weight is 289 g/mol. The van der Waals surface area contributed by atoms with E-state index in [1.54, 1.807) is 0 Å². The fraction of sp³-hybridized carbons (Fsp3) is 0.571. The normalized spacial score (nSPS) is 11.8. The lowest BCUT2D eigenvalue weighted by Crippen LogP contribution is -2.16. The van der Waals surface area contributed by atoms with Gasteiger partial charge in [-0.05, 0) is 6.42 Å². The van der Waals surface area contributed by atoms with Crippen molar-refractivity contribution in [3.05, 3.63) is 11.4 Å². The van der Waals surface area contributed by atoms with E-state index in [0.717, 1.165) is 4.68 Å². The van der Waals surface area contributed by atoms with Gasteiger partial charge in [-0.1, -0.05) is 40.0 Å². The van der Waals surface area contributed by atoms with E-state index in [-0.39, 0.29) is 18.8 Å². The van der Waals surface area contributed by atoms with Gasteiger partial charge in [0.2, 0.25) is 3.79 Å². The first-order valence-corrected chi connectivity index (χ1v) is 5.36. The van der Waals surface area contributed by atoms with Crippen molar-refractivity contribution in [3.8, 4) is 0 Å². The summed E-state index contributed by atoms with van der Waals surface area (Å²) in [6.07, 6.45) is 0.357. The maximum atomic E-state index is 10.8. The van der Waals surface area contributed by atoms with Crippen molar-refractivity contribution in [3.63, 3.8) is 0 Å². The molecule has 0 atom stereocenters. The van der Waals surface area contributed by atoms with E-state index in [2.05, 4.69) is 10.3 Å². The van der Waals surface area contributed by atoms with Crippen LogP contribution in [0.5, 0.6) is 0 Å². The number of alkyl halides is 3. The molecule has 0 bridgehead atoms. The van der Waals surface area contributed by atoms with Crippen LogP contribution in [0.4, 0.5) is 0 Å². The van der Waals surface area contributed by atoms with Gasteiger partial charge in [0.25, 0.3) is 0 Å². The Balaban J connectivity index is 3.15. The number of hydrogen-bond donors (Lipinski definition) is 2. The van der Waals surface area contributed by atoms with Crippen molar-refractivity contribution in [2.75, 3.05) is 6.61 Å².